The number of nitrogens with zero attached hydrogens (tertiary/aromatic N) is 1. The fourth-order valence-corrected chi connectivity index (χ4v) is 2.61. The largest absolute Gasteiger partial charge is 0.360 e. The van der Waals surface area contributed by atoms with Crippen LogP contribution in [0.2, 0.25) is 5.02 Å². The predicted octanol–water partition coefficient (Wildman–Crippen LogP) is 1.91. The van der Waals surface area contributed by atoms with Crippen molar-refractivity contribution in [3.05, 3.63) is 35.0 Å². The summed E-state index contributed by atoms with van der Waals surface area (Å²) in [6, 6.07) is 4.80. The molecule has 0 bridgehead atoms. The minimum absolute atomic E-state index is 0.260. The number of hydrogen-bond donors (Lipinski definition) is 2. The molecule has 5 nitrogen and oxygen atoms in total. The maximum atomic E-state index is 11.7. The number of benzene rings is 1. The van der Waals surface area contributed by atoms with E-state index in [2.05, 4.69) is 10.3 Å². The maximum absolute atomic E-state index is 11.7. The van der Waals surface area contributed by atoms with E-state index in [1.807, 2.05) is 24.4 Å². The molecule has 2 N–H and O–H groups in total. The van der Waals surface area contributed by atoms with Gasteiger partial charge in [-0.3, -0.25) is 10.1 Å². The Balaban J connectivity index is 1.96. The number of urea groups is 1. The quantitative estimate of drug-likeness (QED) is 0.824. The zero-order valence-corrected chi connectivity index (χ0v) is 11.0. The van der Waals surface area contributed by atoms with E-state index >= 15 is 0 Å². The van der Waals surface area contributed by atoms with Crippen LogP contribution < -0.4 is 5.32 Å². The molecule has 19 heavy (non-hydrogen) atoms. The number of aromatic amines is 1. The lowest BCUT2D eigenvalue weighted by molar-refractivity contribution is -0.121. The van der Waals surface area contributed by atoms with Crippen molar-refractivity contribution < 1.29 is 9.59 Å². The van der Waals surface area contributed by atoms with Gasteiger partial charge >= 0.3 is 6.03 Å². The van der Waals surface area contributed by atoms with Crippen LogP contribution in [0.1, 0.15) is 5.56 Å². The number of aromatic nitrogens is 1. The summed E-state index contributed by atoms with van der Waals surface area (Å²) in [5.74, 6) is -0.260. The number of fused-ring (bicyclic) bond motifs is 1. The number of carbonyl (C=O) groups is 2. The molecule has 1 fully saturated rings. The molecule has 1 atom stereocenters. The number of halogens is 1. The highest BCUT2D eigenvalue weighted by Gasteiger charge is 2.35. The van der Waals surface area contributed by atoms with E-state index in [4.69, 9.17) is 11.6 Å². The number of likely N-dealkylation sites (N-methyl/N-ethyl adjacent to an activating group) is 1. The molecule has 0 spiro atoms. The minimum Gasteiger partial charge on any atom is -0.360 e. The van der Waals surface area contributed by atoms with Crippen LogP contribution in [0.25, 0.3) is 10.9 Å². The zero-order chi connectivity index (χ0) is 13.6. The van der Waals surface area contributed by atoms with Crippen molar-refractivity contribution in [2.45, 2.75) is 12.5 Å². The Hall–Kier alpha value is -2.01. The molecular weight excluding hydrogens is 266 g/mol. The van der Waals surface area contributed by atoms with Crippen LogP contribution >= 0.6 is 11.6 Å². The van der Waals surface area contributed by atoms with Gasteiger partial charge in [-0.15, -0.1) is 0 Å². The van der Waals surface area contributed by atoms with Crippen LogP contribution in [0.15, 0.2) is 24.4 Å². The molecule has 3 amide bonds. The normalized spacial score (nSPS) is 19.3. The molecule has 1 unspecified atom stereocenters. The lowest BCUT2D eigenvalue weighted by Crippen LogP contribution is -2.33. The van der Waals surface area contributed by atoms with Crippen molar-refractivity contribution in [1.82, 2.24) is 15.2 Å². The first-order chi connectivity index (χ1) is 9.08. The van der Waals surface area contributed by atoms with Crippen LogP contribution in [0.4, 0.5) is 4.79 Å². The van der Waals surface area contributed by atoms with E-state index in [0.717, 1.165) is 16.5 Å². The Bertz CT molecular complexity index is 680. The lowest BCUT2D eigenvalue weighted by atomic mass is 10.0. The highest BCUT2D eigenvalue weighted by Crippen LogP contribution is 2.27. The summed E-state index contributed by atoms with van der Waals surface area (Å²) in [4.78, 5) is 27.6. The number of para-hydroxylation sites is 1. The number of imide groups is 1. The maximum Gasteiger partial charge on any atom is 0.324 e. The van der Waals surface area contributed by atoms with Gasteiger partial charge in [0.25, 0.3) is 5.91 Å². The van der Waals surface area contributed by atoms with E-state index in [0.29, 0.717) is 11.4 Å². The second kappa shape index (κ2) is 4.28. The van der Waals surface area contributed by atoms with Crippen LogP contribution in [0.5, 0.6) is 0 Å². The highest BCUT2D eigenvalue weighted by atomic mass is 35.5. The number of hydrogen-bond acceptors (Lipinski definition) is 2. The summed E-state index contributed by atoms with van der Waals surface area (Å²) < 4.78 is 0. The number of nitrogens with one attached hydrogen (secondary N) is 2. The van der Waals surface area contributed by atoms with Crippen molar-refractivity contribution in [3.63, 3.8) is 0 Å². The first-order valence-corrected chi connectivity index (χ1v) is 6.28. The van der Waals surface area contributed by atoms with E-state index in [1.165, 1.54) is 4.90 Å². The summed E-state index contributed by atoms with van der Waals surface area (Å²) in [6.07, 6.45) is 2.30. The number of carbonyl (C=O) groups excluding carboxylic acids is 2. The fourth-order valence-electron chi connectivity index (χ4n) is 2.38. The van der Waals surface area contributed by atoms with Gasteiger partial charge in [0.2, 0.25) is 0 Å². The zero-order valence-electron chi connectivity index (χ0n) is 10.2. The van der Waals surface area contributed by atoms with E-state index in [-0.39, 0.29) is 11.9 Å². The summed E-state index contributed by atoms with van der Waals surface area (Å²) in [5, 5.41) is 3.92. The van der Waals surface area contributed by atoms with E-state index < -0.39 is 6.04 Å². The Labute approximate surface area is 114 Å². The van der Waals surface area contributed by atoms with Crippen molar-refractivity contribution >= 4 is 34.4 Å². The van der Waals surface area contributed by atoms with E-state index in [9.17, 15) is 9.59 Å². The Morgan fingerprint density at radius 2 is 2.16 bits per heavy atom. The van der Waals surface area contributed by atoms with Crippen LogP contribution in [-0.2, 0) is 11.2 Å². The molecule has 2 aromatic rings. The molecule has 0 saturated carbocycles. The average Bonchev–Trinajstić information content (AvgIpc) is 2.88. The molecule has 1 aliphatic rings. The van der Waals surface area contributed by atoms with E-state index in [1.54, 1.807) is 7.05 Å². The SMILES string of the molecule is CN1C(=O)NC(=O)C1Cc1c[nH]c2c(Cl)cccc12. The molecular formula is C13H12ClN3O2. The monoisotopic (exact) mass is 277 g/mol. The van der Waals surface area contributed by atoms with Crippen molar-refractivity contribution in [2.24, 2.45) is 0 Å². The molecule has 3 rings (SSSR count). The van der Waals surface area contributed by atoms with Gasteiger partial charge in [0.15, 0.2) is 0 Å². The predicted molar refractivity (Wildman–Crippen MR) is 72.1 cm³/mol. The molecule has 6 heteroatoms. The van der Waals surface area contributed by atoms with Gasteiger partial charge in [-0.1, -0.05) is 23.7 Å². The van der Waals surface area contributed by atoms with Gasteiger partial charge < -0.3 is 9.88 Å². The average molecular weight is 278 g/mol. The van der Waals surface area contributed by atoms with Gasteiger partial charge in [0.05, 0.1) is 10.5 Å². The summed E-state index contributed by atoms with van der Waals surface area (Å²) in [6.45, 7) is 0. The third kappa shape index (κ3) is 1.86. The van der Waals surface area contributed by atoms with Gasteiger partial charge in [0, 0.05) is 25.1 Å². The van der Waals surface area contributed by atoms with Gasteiger partial charge in [-0.05, 0) is 11.6 Å². The topological polar surface area (TPSA) is 65.2 Å². The molecule has 1 aromatic carbocycles. The van der Waals surface area contributed by atoms with Crippen molar-refractivity contribution in [1.29, 1.82) is 0 Å². The molecule has 0 aliphatic carbocycles. The third-order valence-electron chi connectivity index (χ3n) is 3.48. The summed E-state index contributed by atoms with van der Waals surface area (Å²) in [5.41, 5.74) is 1.82. The van der Waals surface area contributed by atoms with Crippen molar-refractivity contribution in [3.8, 4) is 0 Å². The minimum atomic E-state index is -0.467. The second-order valence-electron chi connectivity index (χ2n) is 4.60. The summed E-state index contributed by atoms with van der Waals surface area (Å²) >= 11 is 6.09. The molecule has 1 aromatic heterocycles. The molecule has 1 aliphatic heterocycles. The van der Waals surface area contributed by atoms with Gasteiger partial charge in [0.1, 0.15) is 6.04 Å². The van der Waals surface area contributed by atoms with Crippen molar-refractivity contribution in [2.75, 3.05) is 7.05 Å². The molecule has 2 heterocycles. The fraction of sp³-hybridized carbons (Fsp3) is 0.231. The molecule has 98 valence electrons. The smallest absolute Gasteiger partial charge is 0.324 e. The van der Waals surface area contributed by atoms with Gasteiger partial charge in [-0.2, -0.15) is 0 Å². The number of rotatable bonds is 2. The number of H-pyrrole nitrogens is 1. The van der Waals surface area contributed by atoms with Crippen LogP contribution in [-0.4, -0.2) is 34.9 Å². The Morgan fingerprint density at radius 1 is 1.37 bits per heavy atom. The Morgan fingerprint density at radius 3 is 2.84 bits per heavy atom. The van der Waals surface area contributed by atoms with Gasteiger partial charge in [-0.25, -0.2) is 4.79 Å². The number of amides is 3. The third-order valence-corrected chi connectivity index (χ3v) is 3.80. The summed E-state index contributed by atoms with van der Waals surface area (Å²) in [7, 11) is 1.62. The first-order valence-electron chi connectivity index (χ1n) is 5.90. The highest BCUT2D eigenvalue weighted by molar-refractivity contribution is 6.35. The van der Waals surface area contributed by atoms with Crippen LogP contribution in [0, 0.1) is 0 Å². The Kier molecular flexibility index (Phi) is 2.71. The second-order valence-corrected chi connectivity index (χ2v) is 5.01. The lowest BCUT2D eigenvalue weighted by Gasteiger charge is -2.15. The first kappa shape index (κ1) is 12.0. The standard InChI is InChI=1S/C13H12ClN3O2/c1-17-10(12(18)16-13(17)19)5-7-6-15-11-8(7)3-2-4-9(11)14/h2-4,6,10,15H,5H2,1H3,(H,16,18,19). The van der Waals surface area contributed by atoms with Crippen LogP contribution in [0.3, 0.4) is 0 Å². The molecule has 0 radical (unpaired) electrons. The molecule has 1 saturated heterocycles.